The van der Waals surface area contributed by atoms with Crippen molar-refractivity contribution < 1.29 is 21.6 Å². The van der Waals surface area contributed by atoms with E-state index in [4.69, 9.17) is 0 Å². The first kappa shape index (κ1) is 22.7. The van der Waals surface area contributed by atoms with Gasteiger partial charge < -0.3 is 5.32 Å². The van der Waals surface area contributed by atoms with Gasteiger partial charge in [-0.3, -0.25) is 0 Å². The van der Waals surface area contributed by atoms with Gasteiger partial charge in [-0.1, -0.05) is 18.2 Å². The van der Waals surface area contributed by atoms with Gasteiger partial charge in [0.2, 0.25) is 10.0 Å². The number of benzene rings is 2. The summed E-state index contributed by atoms with van der Waals surface area (Å²) in [4.78, 5) is 0. The Balaban J connectivity index is 0.00000280. The second-order valence-electron chi connectivity index (χ2n) is 6.62. The molecule has 2 atom stereocenters. The zero-order valence-corrected chi connectivity index (χ0v) is 16.8. The van der Waals surface area contributed by atoms with Crippen LogP contribution in [0.5, 0.6) is 0 Å². The molecule has 154 valence electrons. The molecule has 0 aliphatic carbocycles. The van der Waals surface area contributed by atoms with Crippen molar-refractivity contribution in [1.82, 2.24) is 10.0 Å². The molecule has 0 saturated carbocycles. The highest BCUT2D eigenvalue weighted by molar-refractivity contribution is 7.89. The lowest BCUT2D eigenvalue weighted by atomic mass is 9.96. The molecule has 2 aromatic carbocycles. The van der Waals surface area contributed by atoms with E-state index in [2.05, 4.69) is 10.0 Å². The Kier molecular flexibility index (Phi) is 7.50. The maximum atomic E-state index is 15.0. The number of sulfonamides is 1. The van der Waals surface area contributed by atoms with Gasteiger partial charge in [0.25, 0.3) is 0 Å². The fourth-order valence-corrected chi connectivity index (χ4v) is 4.25. The quantitative estimate of drug-likeness (QED) is 0.732. The van der Waals surface area contributed by atoms with Crippen LogP contribution in [0.25, 0.3) is 11.1 Å². The summed E-state index contributed by atoms with van der Waals surface area (Å²) in [5, 5.41) is 3.19. The van der Waals surface area contributed by atoms with Gasteiger partial charge in [-0.2, -0.15) is 0 Å². The standard InChI is InChI=1S/C19H21F3N2O2S.ClH/c1-2-27(25,26)24-17-6-7-23-18(17)10-12-4-3-5-16(19(12)22)13-8-14(20)11-15(21)9-13;/h3-5,8-9,11,17-18,23-24H,2,6-7,10H2,1H3;1H/t17-,18-;/m0./s1. The first-order valence-corrected chi connectivity index (χ1v) is 10.4. The van der Waals surface area contributed by atoms with Gasteiger partial charge in [0.05, 0.1) is 5.75 Å². The van der Waals surface area contributed by atoms with Crippen LogP contribution in [0.3, 0.4) is 0 Å². The Morgan fingerprint density at radius 3 is 2.46 bits per heavy atom. The van der Waals surface area contributed by atoms with Crippen LogP contribution in [0.4, 0.5) is 13.2 Å². The van der Waals surface area contributed by atoms with E-state index in [1.807, 2.05) is 0 Å². The second-order valence-corrected chi connectivity index (χ2v) is 8.66. The van der Waals surface area contributed by atoms with Crippen LogP contribution in [-0.2, 0) is 16.4 Å². The zero-order chi connectivity index (χ0) is 19.6. The molecule has 0 aromatic heterocycles. The van der Waals surface area contributed by atoms with Gasteiger partial charge in [-0.15, -0.1) is 12.4 Å². The molecule has 0 amide bonds. The Labute approximate surface area is 169 Å². The average Bonchev–Trinajstić information content (AvgIpc) is 3.02. The van der Waals surface area contributed by atoms with Crippen LogP contribution in [0.15, 0.2) is 36.4 Å². The topological polar surface area (TPSA) is 58.2 Å². The minimum Gasteiger partial charge on any atom is -0.312 e. The first-order valence-electron chi connectivity index (χ1n) is 8.76. The van der Waals surface area contributed by atoms with E-state index >= 15 is 0 Å². The van der Waals surface area contributed by atoms with Gasteiger partial charge in [0, 0.05) is 23.7 Å². The zero-order valence-electron chi connectivity index (χ0n) is 15.2. The SMILES string of the molecule is CCS(=O)(=O)N[C@H]1CCN[C@H]1Cc1cccc(-c2cc(F)cc(F)c2)c1F.Cl. The molecule has 9 heteroatoms. The maximum Gasteiger partial charge on any atom is 0.211 e. The van der Waals surface area contributed by atoms with Crippen LogP contribution < -0.4 is 10.0 Å². The van der Waals surface area contributed by atoms with E-state index in [0.717, 1.165) is 18.2 Å². The molecule has 0 unspecified atom stereocenters. The lowest BCUT2D eigenvalue weighted by Crippen LogP contribution is -2.45. The van der Waals surface area contributed by atoms with Crippen molar-refractivity contribution in [3.63, 3.8) is 0 Å². The summed E-state index contributed by atoms with van der Waals surface area (Å²) in [6.07, 6.45) is 0.870. The number of rotatable bonds is 6. The molecule has 1 aliphatic heterocycles. The van der Waals surface area contributed by atoms with Crippen molar-refractivity contribution in [2.45, 2.75) is 31.8 Å². The summed E-state index contributed by atoms with van der Waals surface area (Å²) in [7, 11) is -3.37. The van der Waals surface area contributed by atoms with E-state index in [1.165, 1.54) is 6.07 Å². The number of halogens is 4. The van der Waals surface area contributed by atoms with Crippen molar-refractivity contribution in [1.29, 1.82) is 0 Å². The molecule has 1 fully saturated rings. The third kappa shape index (κ3) is 5.26. The highest BCUT2D eigenvalue weighted by Gasteiger charge is 2.30. The molecule has 0 bridgehead atoms. The first-order chi connectivity index (χ1) is 12.8. The van der Waals surface area contributed by atoms with E-state index in [-0.39, 0.29) is 47.8 Å². The molecule has 2 aromatic rings. The Bertz CT molecular complexity index is 921. The van der Waals surface area contributed by atoms with Crippen molar-refractivity contribution in [3.05, 3.63) is 59.4 Å². The Morgan fingerprint density at radius 1 is 1.14 bits per heavy atom. The van der Waals surface area contributed by atoms with E-state index < -0.39 is 27.5 Å². The average molecular weight is 435 g/mol. The molecule has 1 heterocycles. The molecule has 0 radical (unpaired) electrons. The second kappa shape index (κ2) is 9.26. The molecule has 3 rings (SSSR count). The van der Waals surface area contributed by atoms with Crippen molar-refractivity contribution >= 4 is 22.4 Å². The molecule has 0 spiro atoms. The molecule has 4 nitrogen and oxygen atoms in total. The minimum absolute atomic E-state index is 0. The maximum absolute atomic E-state index is 15.0. The fourth-order valence-electron chi connectivity index (χ4n) is 3.34. The predicted octanol–water partition coefficient (Wildman–Crippen LogP) is 3.41. The fraction of sp³-hybridized carbons (Fsp3) is 0.368. The molecular weight excluding hydrogens is 413 g/mol. The Hall–Kier alpha value is -1.61. The monoisotopic (exact) mass is 434 g/mol. The van der Waals surface area contributed by atoms with Crippen molar-refractivity contribution in [3.8, 4) is 11.1 Å². The van der Waals surface area contributed by atoms with E-state index in [1.54, 1.807) is 19.1 Å². The van der Waals surface area contributed by atoms with E-state index in [9.17, 15) is 21.6 Å². The summed E-state index contributed by atoms with van der Waals surface area (Å²) in [5.74, 6) is -2.14. The molecule has 1 aliphatic rings. The number of hydrogen-bond acceptors (Lipinski definition) is 3. The van der Waals surface area contributed by atoms with Crippen LogP contribution in [0.2, 0.25) is 0 Å². The van der Waals surface area contributed by atoms with Gasteiger partial charge in [-0.05, 0) is 49.6 Å². The number of nitrogens with one attached hydrogen (secondary N) is 2. The molecule has 2 N–H and O–H groups in total. The summed E-state index contributed by atoms with van der Waals surface area (Å²) >= 11 is 0. The van der Waals surface area contributed by atoms with Gasteiger partial charge in [0.1, 0.15) is 17.5 Å². The Morgan fingerprint density at radius 2 is 1.82 bits per heavy atom. The van der Waals surface area contributed by atoms with Crippen LogP contribution in [0.1, 0.15) is 18.9 Å². The highest BCUT2D eigenvalue weighted by Crippen LogP contribution is 2.28. The molecular formula is C19H22ClF3N2O2S. The third-order valence-corrected chi connectivity index (χ3v) is 6.17. The lowest BCUT2D eigenvalue weighted by molar-refractivity contribution is 0.484. The predicted molar refractivity (Wildman–Crippen MR) is 105 cm³/mol. The van der Waals surface area contributed by atoms with Gasteiger partial charge >= 0.3 is 0 Å². The summed E-state index contributed by atoms with van der Waals surface area (Å²) in [6, 6.07) is 6.99. The normalized spacial score (nSPS) is 19.4. The van der Waals surface area contributed by atoms with Crippen LogP contribution >= 0.6 is 12.4 Å². The molecule has 28 heavy (non-hydrogen) atoms. The largest absolute Gasteiger partial charge is 0.312 e. The summed E-state index contributed by atoms with van der Waals surface area (Å²) < 4.78 is 68.3. The molecule has 1 saturated heterocycles. The summed E-state index contributed by atoms with van der Waals surface area (Å²) in [6.45, 7) is 2.18. The number of hydrogen-bond donors (Lipinski definition) is 2. The smallest absolute Gasteiger partial charge is 0.211 e. The van der Waals surface area contributed by atoms with Crippen molar-refractivity contribution in [2.24, 2.45) is 0 Å². The summed E-state index contributed by atoms with van der Waals surface area (Å²) in [5.41, 5.74) is 0.585. The van der Waals surface area contributed by atoms with Gasteiger partial charge in [0.15, 0.2) is 0 Å². The third-order valence-electron chi connectivity index (χ3n) is 4.75. The van der Waals surface area contributed by atoms with E-state index in [0.29, 0.717) is 18.5 Å². The lowest BCUT2D eigenvalue weighted by Gasteiger charge is -2.21. The van der Waals surface area contributed by atoms with Gasteiger partial charge in [-0.25, -0.2) is 26.3 Å². The highest BCUT2D eigenvalue weighted by atomic mass is 35.5. The van der Waals surface area contributed by atoms with Crippen LogP contribution in [0, 0.1) is 17.5 Å². The van der Waals surface area contributed by atoms with Crippen LogP contribution in [-0.4, -0.2) is 32.8 Å². The minimum atomic E-state index is -3.37. The van der Waals surface area contributed by atoms with Crippen molar-refractivity contribution in [2.75, 3.05) is 12.3 Å².